The van der Waals surface area contributed by atoms with E-state index >= 15 is 0 Å². The van der Waals surface area contributed by atoms with E-state index in [1.165, 1.54) is 19.4 Å². The van der Waals surface area contributed by atoms with Gasteiger partial charge in [0, 0.05) is 11.1 Å². The van der Waals surface area contributed by atoms with E-state index in [4.69, 9.17) is 4.74 Å². The third-order valence-electron chi connectivity index (χ3n) is 3.91. The number of carbonyl (C=O) groups is 1. The summed E-state index contributed by atoms with van der Waals surface area (Å²) in [4.78, 5) is 16.6. The minimum Gasteiger partial charge on any atom is -0.504 e. The van der Waals surface area contributed by atoms with Crippen LogP contribution in [0.1, 0.15) is 21.6 Å². The Hall–Kier alpha value is -3.81. The lowest BCUT2D eigenvalue weighted by Crippen LogP contribution is -2.05. The fourth-order valence-electron chi connectivity index (χ4n) is 2.67. The van der Waals surface area contributed by atoms with E-state index in [-0.39, 0.29) is 23.2 Å². The van der Waals surface area contributed by atoms with Crippen molar-refractivity contribution >= 4 is 17.9 Å². The molecule has 3 aromatic rings. The van der Waals surface area contributed by atoms with Gasteiger partial charge < -0.3 is 9.84 Å². The van der Waals surface area contributed by atoms with Crippen LogP contribution in [-0.4, -0.2) is 39.4 Å². The van der Waals surface area contributed by atoms with Crippen LogP contribution in [0.25, 0.3) is 11.3 Å². The maximum atomic E-state index is 12.4. The molecule has 1 aromatic heterocycles. The van der Waals surface area contributed by atoms with E-state index < -0.39 is 0 Å². The van der Waals surface area contributed by atoms with Crippen molar-refractivity contribution in [2.24, 2.45) is 5.10 Å². The molecule has 2 N–H and O–H groups in total. The third-order valence-corrected chi connectivity index (χ3v) is 3.91. The molecule has 128 valence electrons. The molecule has 1 heterocycles. The minimum absolute atomic E-state index is 0.0434. The molecular weight excluding hydrogens is 334 g/mol. The monoisotopic (exact) mass is 347 g/mol. The summed E-state index contributed by atoms with van der Waals surface area (Å²) in [6, 6.07) is 12.0. The summed E-state index contributed by atoms with van der Waals surface area (Å²) in [6.45, 7) is 0. The first-order valence-electron chi connectivity index (χ1n) is 7.72. The molecule has 0 amide bonds. The van der Waals surface area contributed by atoms with Gasteiger partial charge in [-0.2, -0.15) is 5.10 Å². The number of phenols is 1. The summed E-state index contributed by atoms with van der Waals surface area (Å²) in [5.74, 6) is 0.322. The van der Waals surface area contributed by atoms with Gasteiger partial charge in [0.25, 0.3) is 5.95 Å². The van der Waals surface area contributed by atoms with Gasteiger partial charge >= 0.3 is 0 Å². The number of nitrogens with zero attached hydrogens (tertiary/aromatic N) is 4. The first-order chi connectivity index (χ1) is 12.7. The zero-order valence-corrected chi connectivity index (χ0v) is 13.7. The van der Waals surface area contributed by atoms with E-state index in [0.29, 0.717) is 22.6 Å². The van der Waals surface area contributed by atoms with E-state index in [9.17, 15) is 9.90 Å². The van der Waals surface area contributed by atoms with Gasteiger partial charge in [0.2, 0.25) is 5.78 Å². The number of hydrogen-bond donors (Lipinski definition) is 2. The van der Waals surface area contributed by atoms with Crippen LogP contribution < -0.4 is 10.2 Å². The van der Waals surface area contributed by atoms with Crippen LogP contribution in [-0.2, 0) is 0 Å². The van der Waals surface area contributed by atoms with Crippen molar-refractivity contribution in [1.82, 2.24) is 15.2 Å². The topological polar surface area (TPSA) is 110 Å². The lowest BCUT2D eigenvalue weighted by atomic mass is 10.1. The van der Waals surface area contributed by atoms with Gasteiger partial charge in [-0.3, -0.25) is 4.79 Å². The molecular formula is C18H13N5O3. The van der Waals surface area contributed by atoms with Gasteiger partial charge in [0.15, 0.2) is 11.5 Å². The lowest BCUT2D eigenvalue weighted by Gasteiger charge is -2.03. The lowest BCUT2D eigenvalue weighted by molar-refractivity contribution is 0.103. The number of ketones is 1. The number of phenolic OH excluding ortho intramolecular Hbond substituents is 1. The largest absolute Gasteiger partial charge is 0.504 e. The van der Waals surface area contributed by atoms with Gasteiger partial charge in [-0.15, -0.1) is 10.2 Å². The molecule has 0 unspecified atom stereocenters. The molecule has 0 aliphatic heterocycles. The molecule has 8 heteroatoms. The molecule has 0 radical (unpaired) electrons. The Kier molecular flexibility index (Phi) is 3.77. The Morgan fingerprint density at radius 3 is 2.73 bits per heavy atom. The van der Waals surface area contributed by atoms with Crippen LogP contribution in [0.3, 0.4) is 0 Å². The number of nitrogens with one attached hydrogen (secondary N) is 1. The second-order valence-electron chi connectivity index (χ2n) is 5.51. The van der Waals surface area contributed by atoms with Crippen molar-refractivity contribution in [3.63, 3.8) is 0 Å². The fraction of sp³-hybridized carbons (Fsp3) is 0.0556. The van der Waals surface area contributed by atoms with Crippen molar-refractivity contribution < 1.29 is 14.6 Å². The second kappa shape index (κ2) is 6.25. The number of hydrogen-bond acceptors (Lipinski definition) is 8. The number of aromatic hydroxyl groups is 1. The smallest absolute Gasteiger partial charge is 0.263 e. The van der Waals surface area contributed by atoms with Gasteiger partial charge in [0.1, 0.15) is 11.4 Å². The molecule has 0 fully saturated rings. The van der Waals surface area contributed by atoms with Gasteiger partial charge in [-0.1, -0.05) is 24.3 Å². The summed E-state index contributed by atoms with van der Waals surface area (Å²) in [6.07, 6.45) is 1.51. The molecule has 1 aliphatic carbocycles. The van der Waals surface area contributed by atoms with E-state index in [0.717, 1.165) is 5.56 Å². The van der Waals surface area contributed by atoms with Crippen LogP contribution in [0.5, 0.6) is 11.5 Å². The van der Waals surface area contributed by atoms with Crippen LogP contribution in [0.4, 0.5) is 5.95 Å². The Morgan fingerprint density at radius 2 is 1.92 bits per heavy atom. The number of fused-ring (bicyclic) bond motifs is 3. The number of carbonyl (C=O) groups excluding carboxylic acids is 1. The van der Waals surface area contributed by atoms with Crippen molar-refractivity contribution in [3.8, 4) is 22.8 Å². The van der Waals surface area contributed by atoms with Crippen molar-refractivity contribution in [2.45, 2.75) is 0 Å². The summed E-state index contributed by atoms with van der Waals surface area (Å²) in [7, 11) is 1.47. The third kappa shape index (κ3) is 2.63. The zero-order valence-electron chi connectivity index (χ0n) is 13.7. The number of ether oxygens (including phenoxy) is 1. The number of hydrazone groups is 1. The Morgan fingerprint density at radius 1 is 1.12 bits per heavy atom. The molecule has 0 atom stereocenters. The molecule has 2 aromatic carbocycles. The number of rotatable bonds is 4. The summed E-state index contributed by atoms with van der Waals surface area (Å²) in [5, 5.41) is 21.7. The summed E-state index contributed by atoms with van der Waals surface area (Å²) >= 11 is 0. The van der Waals surface area contributed by atoms with Crippen molar-refractivity contribution in [1.29, 1.82) is 0 Å². The molecule has 0 saturated heterocycles. The molecule has 0 saturated carbocycles. The molecule has 0 bridgehead atoms. The van der Waals surface area contributed by atoms with Crippen LogP contribution in [0.15, 0.2) is 47.6 Å². The fourth-order valence-corrected chi connectivity index (χ4v) is 2.67. The standard InChI is InChI=1S/C18H13N5O3/c1-26-14-8-10(6-7-13(14)24)9-19-22-18-20-16-15(21-23-18)11-4-2-3-5-12(11)17(16)25/h2-9,24H,1H3,(H,20,22,23)/b19-9+. The highest BCUT2D eigenvalue weighted by Crippen LogP contribution is 2.33. The summed E-state index contributed by atoms with van der Waals surface area (Å²) in [5.41, 5.74) is 5.39. The van der Waals surface area contributed by atoms with Gasteiger partial charge in [-0.25, -0.2) is 10.4 Å². The van der Waals surface area contributed by atoms with E-state index in [2.05, 4.69) is 25.7 Å². The minimum atomic E-state index is -0.180. The average molecular weight is 347 g/mol. The van der Waals surface area contributed by atoms with Crippen LogP contribution in [0.2, 0.25) is 0 Å². The molecule has 4 rings (SSSR count). The predicted octanol–water partition coefficient (Wildman–Crippen LogP) is 2.24. The molecule has 0 spiro atoms. The van der Waals surface area contributed by atoms with Crippen molar-refractivity contribution in [2.75, 3.05) is 12.5 Å². The zero-order chi connectivity index (χ0) is 18.1. The highest BCUT2D eigenvalue weighted by Gasteiger charge is 2.30. The van der Waals surface area contributed by atoms with Crippen LogP contribution in [0, 0.1) is 0 Å². The average Bonchev–Trinajstić information content (AvgIpc) is 2.96. The highest BCUT2D eigenvalue weighted by molar-refractivity contribution is 6.19. The number of benzene rings is 2. The van der Waals surface area contributed by atoms with E-state index in [1.54, 1.807) is 24.3 Å². The Balaban J connectivity index is 1.55. The molecule has 1 aliphatic rings. The van der Waals surface area contributed by atoms with Crippen LogP contribution >= 0.6 is 0 Å². The second-order valence-corrected chi connectivity index (χ2v) is 5.51. The normalized spacial score (nSPS) is 12.1. The number of aromatic nitrogens is 3. The van der Waals surface area contributed by atoms with E-state index in [1.807, 2.05) is 12.1 Å². The van der Waals surface area contributed by atoms with Gasteiger partial charge in [0.05, 0.1) is 13.3 Å². The maximum absolute atomic E-state index is 12.4. The predicted molar refractivity (Wildman–Crippen MR) is 94.6 cm³/mol. The van der Waals surface area contributed by atoms with Gasteiger partial charge in [-0.05, 0) is 23.8 Å². The summed E-state index contributed by atoms with van der Waals surface area (Å²) < 4.78 is 5.04. The highest BCUT2D eigenvalue weighted by atomic mass is 16.5. The van der Waals surface area contributed by atoms with Crippen molar-refractivity contribution in [3.05, 3.63) is 59.3 Å². The maximum Gasteiger partial charge on any atom is 0.263 e. The number of anilines is 1. The molecule has 26 heavy (non-hydrogen) atoms. The SMILES string of the molecule is COc1cc(/C=N/Nc2nnc3c(n2)C(=O)c2ccccc2-3)ccc1O. The Labute approximate surface area is 148 Å². The quantitative estimate of drug-likeness (QED) is 0.430. The molecule has 8 nitrogen and oxygen atoms in total. The number of methoxy groups -OCH3 is 1. The Bertz CT molecular complexity index is 1050. The first kappa shape index (κ1) is 15.7. The first-order valence-corrected chi connectivity index (χ1v) is 7.72.